The van der Waals surface area contributed by atoms with E-state index in [-0.39, 0.29) is 18.1 Å². The predicted octanol–water partition coefficient (Wildman–Crippen LogP) is 0.894. The Morgan fingerprint density at radius 2 is 2.22 bits per heavy atom. The first-order chi connectivity index (χ1) is 8.30. The van der Waals surface area contributed by atoms with Crippen molar-refractivity contribution >= 4 is 5.97 Å². The first-order valence-corrected chi connectivity index (χ1v) is 5.84. The molecule has 0 aromatic carbocycles. The van der Waals surface area contributed by atoms with Gasteiger partial charge in [-0.25, -0.2) is 4.79 Å². The monoisotopic (exact) mass is 260 g/mol. The van der Waals surface area contributed by atoms with Crippen LogP contribution < -0.4 is 0 Å². The van der Waals surface area contributed by atoms with Crippen LogP contribution in [0.2, 0.25) is 0 Å². The zero-order valence-electron chi connectivity index (χ0n) is 10.9. The summed E-state index contributed by atoms with van der Waals surface area (Å²) in [5, 5.41) is 18.1. The van der Waals surface area contributed by atoms with Crippen molar-refractivity contribution in [2.45, 2.75) is 45.2 Å². The molecule has 0 amide bonds. The second kappa shape index (κ2) is 6.17. The van der Waals surface area contributed by atoms with Crippen molar-refractivity contribution in [1.29, 1.82) is 0 Å². The number of aliphatic hydroxyl groups is 1. The van der Waals surface area contributed by atoms with Crippen molar-refractivity contribution < 1.29 is 29.2 Å². The summed E-state index contributed by atoms with van der Waals surface area (Å²) in [6.07, 6.45) is 0.535. The standard InChI is InChI=1S/C12H20O6/c1-8(13)4-9(11(14)15)5-17-12(2,3)18-7-10-6-16-10/h5,8,10,13H,4,6-7H2,1-3H3,(H,14,15). The van der Waals surface area contributed by atoms with Gasteiger partial charge in [-0.2, -0.15) is 0 Å². The molecule has 6 heteroatoms. The SMILES string of the molecule is CC(O)CC(=COC(C)(C)OCC1CO1)C(=O)O. The van der Waals surface area contributed by atoms with Gasteiger partial charge in [0.25, 0.3) is 0 Å². The van der Waals surface area contributed by atoms with Crippen LogP contribution in [0, 0.1) is 0 Å². The highest BCUT2D eigenvalue weighted by Crippen LogP contribution is 2.18. The lowest BCUT2D eigenvalue weighted by molar-refractivity contribution is -0.184. The lowest BCUT2D eigenvalue weighted by Gasteiger charge is -2.24. The number of epoxide rings is 1. The number of aliphatic hydroxyl groups excluding tert-OH is 1. The summed E-state index contributed by atoms with van der Waals surface area (Å²) >= 11 is 0. The lowest BCUT2D eigenvalue weighted by Crippen LogP contribution is -2.28. The summed E-state index contributed by atoms with van der Waals surface area (Å²) in [6.45, 7) is 6.00. The van der Waals surface area contributed by atoms with Crippen LogP contribution in [0.25, 0.3) is 0 Å². The highest BCUT2D eigenvalue weighted by atomic mass is 16.7. The lowest BCUT2D eigenvalue weighted by atomic mass is 10.1. The Labute approximate surface area is 106 Å². The first-order valence-electron chi connectivity index (χ1n) is 5.84. The van der Waals surface area contributed by atoms with Gasteiger partial charge in [-0.05, 0) is 6.92 Å². The Bertz CT molecular complexity index is 317. The van der Waals surface area contributed by atoms with Crippen LogP contribution in [0.4, 0.5) is 0 Å². The second-order valence-electron chi connectivity index (χ2n) is 4.79. The van der Waals surface area contributed by atoms with Crippen molar-refractivity contribution in [2.75, 3.05) is 13.2 Å². The van der Waals surface area contributed by atoms with E-state index < -0.39 is 17.9 Å². The molecule has 0 radical (unpaired) electrons. The van der Waals surface area contributed by atoms with E-state index in [1.54, 1.807) is 13.8 Å². The van der Waals surface area contributed by atoms with E-state index in [1.165, 1.54) is 6.92 Å². The van der Waals surface area contributed by atoms with E-state index in [0.717, 1.165) is 6.26 Å². The molecule has 1 aliphatic rings. The minimum atomic E-state index is -1.11. The summed E-state index contributed by atoms with van der Waals surface area (Å²) in [5.41, 5.74) is 0.00402. The highest BCUT2D eigenvalue weighted by molar-refractivity contribution is 5.86. The molecule has 0 aliphatic carbocycles. The van der Waals surface area contributed by atoms with Crippen LogP contribution in [-0.4, -0.2) is 47.4 Å². The average molecular weight is 260 g/mol. The number of hydrogen-bond donors (Lipinski definition) is 2. The van der Waals surface area contributed by atoms with E-state index in [1.807, 2.05) is 0 Å². The van der Waals surface area contributed by atoms with Gasteiger partial charge in [-0.1, -0.05) is 0 Å². The third-order valence-corrected chi connectivity index (χ3v) is 2.29. The minimum absolute atomic E-state index is 0.00402. The number of aliphatic carboxylic acids is 1. The van der Waals surface area contributed by atoms with Crippen molar-refractivity contribution in [3.63, 3.8) is 0 Å². The van der Waals surface area contributed by atoms with Gasteiger partial charge < -0.3 is 24.4 Å². The molecular formula is C12H20O6. The summed E-state index contributed by atoms with van der Waals surface area (Å²) < 4.78 is 15.7. The molecule has 104 valence electrons. The van der Waals surface area contributed by atoms with Gasteiger partial charge in [0.05, 0.1) is 31.2 Å². The molecule has 0 aromatic heterocycles. The molecule has 0 aromatic rings. The van der Waals surface area contributed by atoms with Crippen LogP contribution in [0.1, 0.15) is 27.2 Å². The molecule has 1 saturated heterocycles. The topological polar surface area (TPSA) is 88.5 Å². The number of carboxylic acid groups (broad SMARTS) is 1. The maximum absolute atomic E-state index is 10.9. The Morgan fingerprint density at radius 1 is 1.61 bits per heavy atom. The molecule has 1 fully saturated rings. The van der Waals surface area contributed by atoms with Crippen LogP contribution in [0.15, 0.2) is 11.8 Å². The molecule has 2 atom stereocenters. The average Bonchev–Trinajstić information content (AvgIpc) is 3.04. The smallest absolute Gasteiger partial charge is 0.334 e. The maximum atomic E-state index is 10.9. The summed E-state index contributed by atoms with van der Waals surface area (Å²) in [7, 11) is 0. The van der Waals surface area contributed by atoms with E-state index in [0.29, 0.717) is 13.2 Å². The number of ether oxygens (including phenoxy) is 3. The van der Waals surface area contributed by atoms with Gasteiger partial charge in [-0.3, -0.25) is 0 Å². The molecule has 0 spiro atoms. The minimum Gasteiger partial charge on any atom is -0.478 e. The molecule has 1 aliphatic heterocycles. The molecule has 0 saturated carbocycles. The quantitative estimate of drug-likeness (QED) is 0.292. The van der Waals surface area contributed by atoms with E-state index in [4.69, 9.17) is 19.3 Å². The molecular weight excluding hydrogens is 240 g/mol. The predicted molar refractivity (Wildman–Crippen MR) is 62.9 cm³/mol. The summed E-state index contributed by atoms with van der Waals surface area (Å²) in [4.78, 5) is 10.9. The van der Waals surface area contributed by atoms with Gasteiger partial charge in [0.2, 0.25) is 5.79 Å². The van der Waals surface area contributed by atoms with Crippen LogP contribution >= 0.6 is 0 Å². The maximum Gasteiger partial charge on any atom is 0.334 e. The number of hydrogen-bond acceptors (Lipinski definition) is 5. The van der Waals surface area contributed by atoms with E-state index in [9.17, 15) is 9.90 Å². The van der Waals surface area contributed by atoms with Gasteiger partial charge >= 0.3 is 5.97 Å². The third kappa shape index (κ3) is 6.00. The molecule has 1 rings (SSSR count). The fourth-order valence-electron chi connectivity index (χ4n) is 1.21. The molecule has 1 heterocycles. The van der Waals surface area contributed by atoms with Gasteiger partial charge in [-0.15, -0.1) is 0 Å². The van der Waals surface area contributed by atoms with Gasteiger partial charge in [0.1, 0.15) is 6.10 Å². The Hall–Kier alpha value is -1.11. The number of carbonyl (C=O) groups is 1. The third-order valence-electron chi connectivity index (χ3n) is 2.29. The largest absolute Gasteiger partial charge is 0.478 e. The Kier molecular flexibility index (Phi) is 5.13. The van der Waals surface area contributed by atoms with Gasteiger partial charge in [0, 0.05) is 20.3 Å². The fraction of sp³-hybridized carbons (Fsp3) is 0.750. The zero-order valence-corrected chi connectivity index (χ0v) is 10.9. The highest BCUT2D eigenvalue weighted by Gasteiger charge is 2.28. The molecule has 6 nitrogen and oxygen atoms in total. The van der Waals surface area contributed by atoms with Crippen molar-refractivity contribution in [1.82, 2.24) is 0 Å². The van der Waals surface area contributed by atoms with Crippen LogP contribution in [0.5, 0.6) is 0 Å². The van der Waals surface area contributed by atoms with Crippen molar-refractivity contribution in [2.24, 2.45) is 0 Å². The Morgan fingerprint density at radius 3 is 2.67 bits per heavy atom. The zero-order chi connectivity index (χ0) is 13.8. The first kappa shape index (κ1) is 14.9. The van der Waals surface area contributed by atoms with Crippen molar-refractivity contribution in [3.8, 4) is 0 Å². The van der Waals surface area contributed by atoms with E-state index >= 15 is 0 Å². The second-order valence-corrected chi connectivity index (χ2v) is 4.79. The number of rotatable bonds is 8. The summed E-state index contributed by atoms with van der Waals surface area (Å²) in [5.74, 6) is -2.04. The molecule has 2 unspecified atom stereocenters. The van der Waals surface area contributed by atoms with Crippen LogP contribution in [-0.2, 0) is 19.0 Å². The molecule has 0 bridgehead atoms. The molecule has 18 heavy (non-hydrogen) atoms. The molecule has 2 N–H and O–H groups in total. The van der Waals surface area contributed by atoms with E-state index in [2.05, 4.69) is 0 Å². The Balaban J connectivity index is 2.47. The normalized spacial score (nSPS) is 21.6. The van der Waals surface area contributed by atoms with Crippen molar-refractivity contribution in [3.05, 3.63) is 11.8 Å². The summed E-state index contributed by atoms with van der Waals surface area (Å²) in [6, 6.07) is 0. The number of carboxylic acids is 1. The fourth-order valence-corrected chi connectivity index (χ4v) is 1.21. The van der Waals surface area contributed by atoms with Gasteiger partial charge in [0.15, 0.2) is 0 Å². The van der Waals surface area contributed by atoms with Crippen LogP contribution in [0.3, 0.4) is 0 Å².